The van der Waals surface area contributed by atoms with Gasteiger partial charge in [0.15, 0.2) is 0 Å². The van der Waals surface area contributed by atoms with E-state index in [1.54, 1.807) is 11.0 Å². The van der Waals surface area contributed by atoms with Crippen molar-refractivity contribution in [2.24, 2.45) is 29.1 Å². The van der Waals surface area contributed by atoms with Gasteiger partial charge in [0.1, 0.15) is 23.8 Å². The molecule has 5 atom stereocenters. The normalized spacial score (nSPS) is 23.8. The third-order valence-corrected chi connectivity index (χ3v) is 7.95. The molecule has 2 aliphatic rings. The van der Waals surface area contributed by atoms with Crippen LogP contribution in [0.15, 0.2) is 30.3 Å². The van der Waals surface area contributed by atoms with E-state index in [2.05, 4.69) is 35.5 Å². The second-order valence-electron chi connectivity index (χ2n) is 11.7. The van der Waals surface area contributed by atoms with Gasteiger partial charge in [0.05, 0.1) is 6.07 Å². The van der Waals surface area contributed by atoms with Crippen molar-refractivity contribution in [2.75, 3.05) is 6.54 Å². The van der Waals surface area contributed by atoms with E-state index in [4.69, 9.17) is 0 Å². The lowest BCUT2D eigenvalue weighted by Gasteiger charge is -2.34. The van der Waals surface area contributed by atoms with E-state index in [1.165, 1.54) is 0 Å². The fourth-order valence-electron chi connectivity index (χ4n) is 5.72. The summed E-state index contributed by atoms with van der Waals surface area (Å²) in [7, 11) is 0. The molecule has 0 radical (unpaired) electrons. The summed E-state index contributed by atoms with van der Waals surface area (Å²) in [6, 6.07) is 9.54. The number of para-hydroxylation sites is 1. The highest BCUT2D eigenvalue weighted by atomic mass is 16.2. The fourth-order valence-corrected chi connectivity index (χ4v) is 5.72. The number of amides is 3. The average Bonchev–Trinajstić information content (AvgIpc) is 3.21. The topological polar surface area (TPSA) is 118 Å². The van der Waals surface area contributed by atoms with Crippen LogP contribution in [-0.2, 0) is 9.59 Å². The monoisotopic (exact) mass is 491 g/mol. The number of aromatic nitrogens is 1. The van der Waals surface area contributed by atoms with Crippen LogP contribution >= 0.6 is 0 Å². The van der Waals surface area contributed by atoms with E-state index < -0.39 is 18.1 Å². The molecule has 8 heteroatoms. The molecular weight excluding hydrogens is 454 g/mol. The zero-order valence-corrected chi connectivity index (χ0v) is 22.0. The molecule has 8 nitrogen and oxygen atoms in total. The van der Waals surface area contributed by atoms with E-state index in [1.807, 2.05) is 52.0 Å². The minimum Gasteiger partial charge on any atom is -0.351 e. The molecule has 2 aromatic rings. The lowest BCUT2D eigenvalue weighted by molar-refractivity contribution is -0.142. The number of nitrogens with zero attached hydrogens (tertiary/aromatic N) is 2. The Morgan fingerprint density at radius 3 is 2.47 bits per heavy atom. The number of carbonyl (C=O) groups is 3. The Kier molecular flexibility index (Phi) is 6.87. The lowest BCUT2D eigenvalue weighted by Crippen LogP contribution is -2.57. The van der Waals surface area contributed by atoms with Gasteiger partial charge in [-0.1, -0.05) is 59.7 Å². The molecule has 3 N–H and O–H groups in total. The van der Waals surface area contributed by atoms with Crippen LogP contribution in [0.1, 0.15) is 58.5 Å². The van der Waals surface area contributed by atoms with Gasteiger partial charge in [-0.05, 0) is 47.6 Å². The minimum atomic E-state index is -0.753. The van der Waals surface area contributed by atoms with Crippen LogP contribution < -0.4 is 10.6 Å². The highest BCUT2D eigenvalue weighted by Gasteiger charge is 2.69. The van der Waals surface area contributed by atoms with Gasteiger partial charge >= 0.3 is 0 Å². The zero-order valence-electron chi connectivity index (χ0n) is 22.0. The van der Waals surface area contributed by atoms with Crippen molar-refractivity contribution in [2.45, 2.75) is 66.1 Å². The number of H-pyrrole nitrogens is 1. The smallest absolute Gasteiger partial charge is 0.268 e. The predicted molar refractivity (Wildman–Crippen MR) is 138 cm³/mol. The number of piperidine rings is 1. The summed E-state index contributed by atoms with van der Waals surface area (Å²) in [4.78, 5) is 45.2. The van der Waals surface area contributed by atoms with E-state index in [9.17, 15) is 19.6 Å². The summed E-state index contributed by atoms with van der Waals surface area (Å²) in [5, 5.41) is 16.2. The quantitative estimate of drug-likeness (QED) is 0.524. The first-order valence-corrected chi connectivity index (χ1v) is 12.8. The summed E-state index contributed by atoms with van der Waals surface area (Å²) in [5.74, 6) is -0.497. The Balaban J connectivity index is 1.56. The number of nitriles is 1. The third-order valence-electron chi connectivity index (χ3n) is 7.95. The summed E-state index contributed by atoms with van der Waals surface area (Å²) in [6.07, 6.45) is 0.460. The molecule has 192 valence electrons. The van der Waals surface area contributed by atoms with E-state index in [0.717, 1.165) is 10.9 Å². The van der Waals surface area contributed by atoms with Crippen LogP contribution in [0.25, 0.3) is 10.9 Å². The van der Waals surface area contributed by atoms with Gasteiger partial charge in [0.2, 0.25) is 11.8 Å². The standard InChI is InChI=1S/C28H37N5O3/c1-15(2)11-21(31-25(34)20-12-17-9-7-8-10-19(17)30-20)27(36)33-14-18-23(28(18,5)6)24(33)26(35)32-22(13-29)16(3)4/h7-10,12,15-16,18,21-24,30H,11,14H2,1-6H3,(H,31,34)(H,32,35)/t18-,21-,22+,23-,24?/m0/s1. The maximum Gasteiger partial charge on any atom is 0.268 e. The van der Waals surface area contributed by atoms with Crippen LogP contribution in [0.3, 0.4) is 0 Å². The molecule has 1 unspecified atom stereocenters. The van der Waals surface area contributed by atoms with Crippen LogP contribution in [0.5, 0.6) is 0 Å². The molecule has 1 saturated carbocycles. The third kappa shape index (κ3) is 4.71. The van der Waals surface area contributed by atoms with Crippen molar-refractivity contribution in [1.82, 2.24) is 20.5 Å². The number of hydrogen-bond acceptors (Lipinski definition) is 4. The van der Waals surface area contributed by atoms with Gasteiger partial charge in [0.25, 0.3) is 5.91 Å². The molecule has 1 aliphatic heterocycles. The Hall–Kier alpha value is -3.34. The molecule has 1 aromatic heterocycles. The van der Waals surface area contributed by atoms with Crippen molar-refractivity contribution >= 4 is 28.6 Å². The first-order valence-electron chi connectivity index (χ1n) is 12.8. The van der Waals surface area contributed by atoms with Crippen LogP contribution in [0.2, 0.25) is 0 Å². The maximum atomic E-state index is 13.9. The molecule has 0 bridgehead atoms. The second-order valence-corrected chi connectivity index (χ2v) is 11.7. The molecular formula is C28H37N5O3. The maximum absolute atomic E-state index is 13.9. The molecule has 1 saturated heterocycles. The molecule has 2 fully saturated rings. The van der Waals surface area contributed by atoms with E-state index in [0.29, 0.717) is 18.7 Å². The number of nitrogens with one attached hydrogen (secondary N) is 3. The highest BCUT2D eigenvalue weighted by molar-refractivity contribution is 6.01. The Labute approximate surface area is 212 Å². The average molecular weight is 492 g/mol. The number of hydrogen-bond donors (Lipinski definition) is 3. The van der Waals surface area contributed by atoms with Gasteiger partial charge in [0, 0.05) is 17.4 Å². The van der Waals surface area contributed by atoms with Crippen molar-refractivity contribution in [3.8, 4) is 6.07 Å². The first kappa shape index (κ1) is 25.7. The minimum absolute atomic E-state index is 0.0389. The van der Waals surface area contributed by atoms with Crippen molar-refractivity contribution in [3.05, 3.63) is 36.0 Å². The van der Waals surface area contributed by atoms with E-state index in [-0.39, 0.29) is 46.8 Å². The predicted octanol–water partition coefficient (Wildman–Crippen LogP) is 3.46. The SMILES string of the molecule is CC(C)C[C@H](NC(=O)c1cc2ccccc2[nH]1)C(=O)N1C[C@H]2[C@@H](C1C(=O)N[C@H](C#N)C(C)C)C2(C)C. The molecule has 2 heterocycles. The molecule has 4 rings (SSSR count). The summed E-state index contributed by atoms with van der Waals surface area (Å²) < 4.78 is 0. The molecule has 0 spiro atoms. The molecule has 1 aromatic carbocycles. The van der Waals surface area contributed by atoms with Crippen molar-refractivity contribution in [3.63, 3.8) is 0 Å². The molecule has 3 amide bonds. The number of rotatable bonds is 8. The second kappa shape index (κ2) is 9.61. The summed E-state index contributed by atoms with van der Waals surface area (Å²) in [6.45, 7) is 12.5. The van der Waals surface area contributed by atoms with Crippen LogP contribution in [0, 0.1) is 40.4 Å². The summed E-state index contributed by atoms with van der Waals surface area (Å²) in [5.41, 5.74) is 1.20. The lowest BCUT2D eigenvalue weighted by atomic mass is 9.97. The summed E-state index contributed by atoms with van der Waals surface area (Å²) >= 11 is 0. The van der Waals surface area contributed by atoms with Gasteiger partial charge in [-0.15, -0.1) is 0 Å². The Bertz CT molecular complexity index is 1170. The van der Waals surface area contributed by atoms with Crippen LogP contribution in [-0.4, -0.2) is 52.3 Å². The Morgan fingerprint density at radius 1 is 1.17 bits per heavy atom. The number of likely N-dealkylation sites (tertiary alicyclic amines) is 1. The Morgan fingerprint density at radius 2 is 1.86 bits per heavy atom. The van der Waals surface area contributed by atoms with Gasteiger partial charge in [-0.3, -0.25) is 14.4 Å². The van der Waals surface area contributed by atoms with E-state index >= 15 is 0 Å². The number of benzene rings is 1. The molecule has 1 aliphatic carbocycles. The van der Waals surface area contributed by atoms with Gasteiger partial charge in [-0.2, -0.15) is 5.26 Å². The number of aromatic amines is 1. The van der Waals surface area contributed by atoms with Gasteiger partial charge in [-0.25, -0.2) is 0 Å². The number of fused-ring (bicyclic) bond motifs is 2. The molecule has 36 heavy (non-hydrogen) atoms. The van der Waals surface area contributed by atoms with Crippen molar-refractivity contribution < 1.29 is 14.4 Å². The number of carbonyl (C=O) groups excluding carboxylic acids is 3. The largest absolute Gasteiger partial charge is 0.351 e. The fraction of sp³-hybridized carbons (Fsp3) is 0.571. The highest BCUT2D eigenvalue weighted by Crippen LogP contribution is 2.64. The van der Waals surface area contributed by atoms with Crippen LogP contribution in [0.4, 0.5) is 0 Å². The zero-order chi connectivity index (χ0) is 26.4. The van der Waals surface area contributed by atoms with Crippen molar-refractivity contribution in [1.29, 1.82) is 5.26 Å². The van der Waals surface area contributed by atoms with Gasteiger partial charge < -0.3 is 20.5 Å². The first-order chi connectivity index (χ1) is 16.9.